The third kappa shape index (κ3) is 2.45. The second-order valence-corrected chi connectivity index (χ2v) is 5.38. The highest BCUT2D eigenvalue weighted by molar-refractivity contribution is 5.41. The molecule has 3 rings (SSSR count). The van der Waals surface area contributed by atoms with Gasteiger partial charge < -0.3 is 5.32 Å². The van der Waals surface area contributed by atoms with Gasteiger partial charge in [-0.2, -0.15) is 10.4 Å². The molecule has 1 aliphatic rings. The third-order valence-corrected chi connectivity index (χ3v) is 3.83. The van der Waals surface area contributed by atoms with Crippen LogP contribution in [0, 0.1) is 25.2 Å². The Morgan fingerprint density at radius 1 is 1.30 bits per heavy atom. The summed E-state index contributed by atoms with van der Waals surface area (Å²) < 4.78 is 1.96. The van der Waals surface area contributed by atoms with Gasteiger partial charge in [-0.15, -0.1) is 0 Å². The summed E-state index contributed by atoms with van der Waals surface area (Å²) in [5.74, 6) is 0. The lowest BCUT2D eigenvalue weighted by Crippen LogP contribution is -2.16. The monoisotopic (exact) mass is 266 g/mol. The number of aromatic nitrogens is 2. The predicted octanol–water partition coefficient (Wildman–Crippen LogP) is 2.61. The Labute approximate surface area is 119 Å². The van der Waals surface area contributed by atoms with Gasteiger partial charge in [-0.25, -0.2) is 4.68 Å². The molecule has 4 nitrogen and oxygen atoms in total. The van der Waals surface area contributed by atoms with Crippen molar-refractivity contribution in [1.29, 1.82) is 5.26 Å². The fraction of sp³-hybridized carbons (Fsp3) is 0.375. The second-order valence-electron chi connectivity index (χ2n) is 5.38. The summed E-state index contributed by atoms with van der Waals surface area (Å²) in [6.07, 6.45) is 2.59. The average Bonchev–Trinajstić information content (AvgIpc) is 3.24. The van der Waals surface area contributed by atoms with Crippen molar-refractivity contribution in [2.75, 3.05) is 0 Å². The van der Waals surface area contributed by atoms with Crippen LogP contribution >= 0.6 is 0 Å². The molecule has 20 heavy (non-hydrogen) atoms. The van der Waals surface area contributed by atoms with E-state index in [9.17, 15) is 0 Å². The van der Waals surface area contributed by atoms with Crippen LogP contribution in [0.4, 0.5) is 0 Å². The minimum absolute atomic E-state index is 0.672. The number of rotatable bonds is 4. The summed E-state index contributed by atoms with van der Waals surface area (Å²) in [7, 11) is 0. The molecule has 1 heterocycles. The van der Waals surface area contributed by atoms with Crippen LogP contribution in [0.25, 0.3) is 5.69 Å². The lowest BCUT2D eigenvalue weighted by Gasteiger charge is -2.06. The first-order chi connectivity index (χ1) is 9.69. The zero-order valence-corrected chi connectivity index (χ0v) is 11.8. The molecular weight excluding hydrogens is 248 g/mol. The number of aryl methyl sites for hydroxylation is 1. The third-order valence-electron chi connectivity index (χ3n) is 3.83. The van der Waals surface area contributed by atoms with Gasteiger partial charge in [0, 0.05) is 23.8 Å². The van der Waals surface area contributed by atoms with Crippen LogP contribution in [0.2, 0.25) is 0 Å². The summed E-state index contributed by atoms with van der Waals surface area (Å²) in [5.41, 5.74) is 5.19. The van der Waals surface area contributed by atoms with Gasteiger partial charge in [0.05, 0.1) is 23.0 Å². The summed E-state index contributed by atoms with van der Waals surface area (Å²) in [5, 5.41) is 17.0. The summed E-state index contributed by atoms with van der Waals surface area (Å²) in [6, 6.07) is 10.4. The first-order valence-electron chi connectivity index (χ1n) is 6.98. The Balaban J connectivity index is 1.88. The quantitative estimate of drug-likeness (QED) is 0.925. The van der Waals surface area contributed by atoms with Gasteiger partial charge in [0.25, 0.3) is 0 Å². The molecular formula is C16H18N4. The Morgan fingerprint density at radius 3 is 2.60 bits per heavy atom. The fourth-order valence-corrected chi connectivity index (χ4v) is 2.39. The summed E-state index contributed by atoms with van der Waals surface area (Å²) in [6.45, 7) is 5.04. The van der Waals surface area contributed by atoms with Gasteiger partial charge in [0.1, 0.15) is 0 Å². The lowest BCUT2D eigenvalue weighted by molar-refractivity contribution is 0.682. The maximum atomic E-state index is 8.85. The van der Waals surface area contributed by atoms with Crippen molar-refractivity contribution >= 4 is 0 Å². The molecule has 1 aromatic heterocycles. The van der Waals surface area contributed by atoms with E-state index < -0.39 is 0 Å². The number of hydrogen-bond donors (Lipinski definition) is 1. The minimum atomic E-state index is 0.672. The van der Waals surface area contributed by atoms with Crippen LogP contribution in [0.5, 0.6) is 0 Å². The number of nitriles is 1. The summed E-state index contributed by atoms with van der Waals surface area (Å²) in [4.78, 5) is 0. The van der Waals surface area contributed by atoms with E-state index in [-0.39, 0.29) is 0 Å². The van der Waals surface area contributed by atoms with Gasteiger partial charge in [-0.05, 0) is 51.0 Å². The minimum Gasteiger partial charge on any atom is -0.310 e. The van der Waals surface area contributed by atoms with E-state index in [0.29, 0.717) is 11.6 Å². The van der Waals surface area contributed by atoms with E-state index in [1.54, 1.807) is 0 Å². The van der Waals surface area contributed by atoms with E-state index in [2.05, 4.69) is 30.3 Å². The van der Waals surface area contributed by atoms with E-state index in [1.165, 1.54) is 24.1 Å². The predicted molar refractivity (Wildman–Crippen MR) is 77.6 cm³/mol. The van der Waals surface area contributed by atoms with Crippen molar-refractivity contribution in [3.63, 3.8) is 0 Å². The van der Waals surface area contributed by atoms with Crippen molar-refractivity contribution in [2.24, 2.45) is 0 Å². The van der Waals surface area contributed by atoms with Crippen molar-refractivity contribution in [2.45, 2.75) is 39.3 Å². The number of nitrogens with zero attached hydrogens (tertiary/aromatic N) is 3. The highest BCUT2D eigenvalue weighted by atomic mass is 15.3. The molecule has 0 spiro atoms. The van der Waals surface area contributed by atoms with Crippen molar-refractivity contribution in [3.05, 3.63) is 46.8 Å². The van der Waals surface area contributed by atoms with Gasteiger partial charge in [-0.3, -0.25) is 0 Å². The van der Waals surface area contributed by atoms with Crippen LogP contribution in [0.15, 0.2) is 24.3 Å². The van der Waals surface area contributed by atoms with Gasteiger partial charge in [0.15, 0.2) is 0 Å². The van der Waals surface area contributed by atoms with Crippen LogP contribution in [-0.4, -0.2) is 15.8 Å². The lowest BCUT2D eigenvalue weighted by atomic mass is 10.2. The highest BCUT2D eigenvalue weighted by Gasteiger charge is 2.21. The molecule has 0 bridgehead atoms. The van der Waals surface area contributed by atoms with Crippen LogP contribution in [-0.2, 0) is 6.54 Å². The zero-order chi connectivity index (χ0) is 14.1. The molecule has 102 valence electrons. The Morgan fingerprint density at radius 2 is 2.00 bits per heavy atom. The molecule has 0 atom stereocenters. The van der Waals surface area contributed by atoms with Crippen molar-refractivity contribution in [3.8, 4) is 11.8 Å². The van der Waals surface area contributed by atoms with Crippen molar-refractivity contribution < 1.29 is 0 Å². The SMILES string of the molecule is Cc1nn(-c2ccc(C#N)cc2)c(C)c1CNC1CC1. The molecule has 0 radical (unpaired) electrons. The van der Waals surface area contributed by atoms with Crippen LogP contribution in [0.3, 0.4) is 0 Å². The molecule has 2 aromatic rings. The van der Waals surface area contributed by atoms with Gasteiger partial charge in [0.2, 0.25) is 0 Å². The Bertz CT molecular complexity index is 657. The molecule has 0 aliphatic heterocycles. The molecule has 0 unspecified atom stereocenters. The largest absolute Gasteiger partial charge is 0.310 e. The zero-order valence-electron chi connectivity index (χ0n) is 11.8. The molecule has 0 saturated heterocycles. The molecule has 1 aromatic carbocycles. The molecule has 1 saturated carbocycles. The molecule has 0 amide bonds. The van der Waals surface area contributed by atoms with Crippen LogP contribution < -0.4 is 5.32 Å². The number of nitrogens with one attached hydrogen (secondary N) is 1. The van der Waals surface area contributed by atoms with E-state index >= 15 is 0 Å². The molecule has 1 fully saturated rings. The van der Waals surface area contributed by atoms with Crippen LogP contribution in [0.1, 0.15) is 35.4 Å². The first kappa shape index (κ1) is 12.9. The topological polar surface area (TPSA) is 53.6 Å². The van der Waals surface area contributed by atoms with E-state index in [0.717, 1.165) is 17.9 Å². The maximum absolute atomic E-state index is 8.85. The van der Waals surface area contributed by atoms with E-state index in [4.69, 9.17) is 5.26 Å². The highest BCUT2D eigenvalue weighted by Crippen LogP contribution is 2.22. The molecule has 1 N–H and O–H groups in total. The summed E-state index contributed by atoms with van der Waals surface area (Å²) >= 11 is 0. The molecule has 4 heteroatoms. The Hall–Kier alpha value is -2.12. The number of hydrogen-bond acceptors (Lipinski definition) is 3. The van der Waals surface area contributed by atoms with E-state index in [1.807, 2.05) is 28.9 Å². The smallest absolute Gasteiger partial charge is 0.0991 e. The maximum Gasteiger partial charge on any atom is 0.0991 e. The van der Waals surface area contributed by atoms with Gasteiger partial charge in [-0.1, -0.05) is 0 Å². The fourth-order valence-electron chi connectivity index (χ4n) is 2.39. The molecule has 1 aliphatic carbocycles. The second kappa shape index (κ2) is 5.10. The average molecular weight is 266 g/mol. The first-order valence-corrected chi connectivity index (χ1v) is 6.98. The Kier molecular flexibility index (Phi) is 3.29. The normalized spacial score (nSPS) is 14.2. The number of benzene rings is 1. The van der Waals surface area contributed by atoms with Gasteiger partial charge >= 0.3 is 0 Å². The van der Waals surface area contributed by atoms with Crippen molar-refractivity contribution in [1.82, 2.24) is 15.1 Å². The standard InChI is InChI=1S/C16H18N4/c1-11-16(10-18-14-5-6-14)12(2)20(19-11)15-7-3-13(9-17)4-8-15/h3-4,7-8,14,18H,5-6,10H2,1-2H3.